The number of alkyl halides is 4. The lowest BCUT2D eigenvalue weighted by atomic mass is 9.90. The minimum Gasteiger partial charge on any atom is -0.446 e. The highest BCUT2D eigenvalue weighted by molar-refractivity contribution is 6.32. The van der Waals surface area contributed by atoms with Gasteiger partial charge in [0.1, 0.15) is 29.2 Å². The number of aromatic amines is 1. The van der Waals surface area contributed by atoms with E-state index in [2.05, 4.69) is 40.5 Å². The highest BCUT2D eigenvalue weighted by atomic mass is 35.5. The molecule has 17 heteroatoms. The van der Waals surface area contributed by atoms with Gasteiger partial charge in [0.25, 0.3) is 0 Å². The molecular formula is C27H27ClF4N10O2. The Labute approximate surface area is 253 Å². The average molecular weight is 635 g/mol. The molecule has 44 heavy (non-hydrogen) atoms. The van der Waals surface area contributed by atoms with Crippen LogP contribution in [0.4, 0.5) is 34.1 Å². The summed E-state index contributed by atoms with van der Waals surface area (Å²) < 4.78 is 62.3. The van der Waals surface area contributed by atoms with Crippen LogP contribution in [0.2, 0.25) is 5.02 Å². The van der Waals surface area contributed by atoms with Gasteiger partial charge in [-0.1, -0.05) is 11.6 Å². The normalized spacial score (nSPS) is 19.4. The molecule has 4 aromatic rings. The predicted molar refractivity (Wildman–Crippen MR) is 150 cm³/mol. The lowest BCUT2D eigenvalue weighted by Gasteiger charge is -2.35. The number of carbonyl (C=O) groups is 1. The topological polar surface area (TPSA) is 140 Å². The largest absolute Gasteiger partial charge is 0.446 e. The van der Waals surface area contributed by atoms with Gasteiger partial charge in [-0.3, -0.25) is 19.7 Å². The van der Waals surface area contributed by atoms with E-state index in [4.69, 9.17) is 16.3 Å². The van der Waals surface area contributed by atoms with Crippen LogP contribution in [-0.4, -0.2) is 70.4 Å². The van der Waals surface area contributed by atoms with Gasteiger partial charge < -0.3 is 10.1 Å². The molecule has 0 spiro atoms. The molecule has 2 fully saturated rings. The maximum atomic E-state index is 14.3. The van der Waals surface area contributed by atoms with Crippen molar-refractivity contribution in [2.45, 2.75) is 62.5 Å². The van der Waals surface area contributed by atoms with E-state index < -0.39 is 29.2 Å². The minimum atomic E-state index is -4.72. The third kappa shape index (κ3) is 6.44. The van der Waals surface area contributed by atoms with Crippen molar-refractivity contribution in [3.63, 3.8) is 0 Å². The highest BCUT2D eigenvalue weighted by Gasteiger charge is 2.45. The number of aromatic nitrogens is 8. The van der Waals surface area contributed by atoms with Gasteiger partial charge in [-0.05, 0) is 38.5 Å². The number of carbonyl (C=O) groups excluding carboxylic acids is 1. The molecule has 232 valence electrons. The summed E-state index contributed by atoms with van der Waals surface area (Å²) in [6.45, 7) is -0.339. The molecule has 0 radical (unpaired) electrons. The Bertz CT molecular complexity index is 1630. The van der Waals surface area contributed by atoms with Crippen molar-refractivity contribution >= 4 is 29.5 Å². The van der Waals surface area contributed by atoms with E-state index in [-0.39, 0.29) is 41.2 Å². The fourth-order valence-electron chi connectivity index (χ4n) is 5.06. The summed E-state index contributed by atoms with van der Waals surface area (Å²) in [5.41, 5.74) is -1.82. The van der Waals surface area contributed by atoms with E-state index in [9.17, 15) is 22.4 Å². The zero-order chi connectivity index (χ0) is 31.1. The molecule has 2 aliphatic rings. The summed E-state index contributed by atoms with van der Waals surface area (Å²) in [6.07, 6.45) is 5.65. The number of hydrogen-bond donors (Lipinski definition) is 2. The van der Waals surface area contributed by atoms with Crippen molar-refractivity contribution < 1.29 is 27.1 Å². The molecule has 0 unspecified atom stereocenters. The number of amides is 1. The number of nitrogens with one attached hydrogen (secondary N) is 2. The van der Waals surface area contributed by atoms with E-state index in [1.165, 1.54) is 23.5 Å². The van der Waals surface area contributed by atoms with Crippen LogP contribution in [0.1, 0.15) is 44.1 Å². The summed E-state index contributed by atoms with van der Waals surface area (Å²) in [5, 5.41) is 13.5. The van der Waals surface area contributed by atoms with Crippen molar-refractivity contribution in [1.82, 2.24) is 39.9 Å². The van der Waals surface area contributed by atoms with Gasteiger partial charge in [0.15, 0.2) is 5.82 Å². The van der Waals surface area contributed by atoms with E-state index in [0.29, 0.717) is 50.4 Å². The average Bonchev–Trinajstić information content (AvgIpc) is 3.33. The third-order valence-electron chi connectivity index (χ3n) is 7.64. The van der Waals surface area contributed by atoms with E-state index in [0.717, 1.165) is 5.56 Å². The molecule has 2 saturated carbocycles. The Morgan fingerprint density at radius 2 is 1.91 bits per heavy atom. The van der Waals surface area contributed by atoms with Gasteiger partial charge in [0, 0.05) is 43.3 Å². The first-order valence-corrected chi connectivity index (χ1v) is 14.2. The first-order chi connectivity index (χ1) is 21.0. The van der Waals surface area contributed by atoms with Gasteiger partial charge >= 0.3 is 12.3 Å². The van der Waals surface area contributed by atoms with Crippen LogP contribution in [0.15, 0.2) is 37.2 Å². The Kier molecular flexibility index (Phi) is 7.86. The van der Waals surface area contributed by atoms with Crippen molar-refractivity contribution in [3.8, 4) is 22.6 Å². The number of hydrogen-bond acceptors (Lipinski definition) is 9. The van der Waals surface area contributed by atoms with Crippen LogP contribution in [0, 0.1) is 0 Å². The summed E-state index contributed by atoms with van der Waals surface area (Å²) in [5.74, 6) is 0.246. The standard InChI is InChI=1S/C27H27ClF4N10O2/c1-41-13-15(8-37-41)20-11-34-21(12-33-20)42(25(43)44-14-26(29)6-7-26)17-4-2-16(3-5-17)38-24-35-9-18(27(30,31)32)22(39-24)23-19(28)10-36-40-23/h8-13,16-17H,2-7,14H2,1H3,(H,36,40)(H,35,38,39)/t16-,17-. The number of halogens is 5. The lowest BCUT2D eigenvalue weighted by Crippen LogP contribution is -2.45. The Morgan fingerprint density at radius 1 is 1.14 bits per heavy atom. The molecule has 1 amide bonds. The van der Waals surface area contributed by atoms with E-state index >= 15 is 0 Å². The first-order valence-electron chi connectivity index (χ1n) is 13.9. The Hall–Kier alpha value is -4.34. The second kappa shape index (κ2) is 11.6. The third-order valence-corrected chi connectivity index (χ3v) is 7.92. The molecule has 0 aromatic carbocycles. The lowest BCUT2D eigenvalue weighted by molar-refractivity contribution is -0.137. The van der Waals surface area contributed by atoms with Crippen LogP contribution in [-0.2, 0) is 18.0 Å². The van der Waals surface area contributed by atoms with Crippen LogP contribution < -0.4 is 10.2 Å². The SMILES string of the molecule is Cn1cc(-c2cnc(N(C(=O)OCC3(F)CC3)[C@H]3CC[C@H](Nc4ncc(C(F)(F)F)c(-c5n[nH]cc5Cl)n4)CC3)cn2)cn1. The van der Waals surface area contributed by atoms with Crippen LogP contribution in [0.5, 0.6) is 0 Å². The van der Waals surface area contributed by atoms with Gasteiger partial charge in [-0.15, -0.1) is 0 Å². The van der Waals surface area contributed by atoms with E-state index in [1.807, 2.05) is 0 Å². The second-order valence-corrected chi connectivity index (χ2v) is 11.3. The molecule has 2 N–H and O–H groups in total. The molecule has 0 saturated heterocycles. The number of aryl methyl sites for hydroxylation is 1. The molecular weight excluding hydrogens is 608 g/mol. The molecule has 12 nitrogen and oxygen atoms in total. The van der Waals surface area contributed by atoms with Crippen molar-refractivity contribution in [1.29, 1.82) is 0 Å². The first kappa shape index (κ1) is 29.7. The quantitative estimate of drug-likeness (QED) is 0.237. The highest BCUT2D eigenvalue weighted by Crippen LogP contribution is 2.40. The van der Waals surface area contributed by atoms with Crippen molar-refractivity contribution in [2.75, 3.05) is 16.8 Å². The fourth-order valence-corrected chi connectivity index (χ4v) is 5.24. The molecule has 4 heterocycles. The van der Waals surface area contributed by atoms with Crippen molar-refractivity contribution in [2.24, 2.45) is 7.05 Å². The summed E-state index contributed by atoms with van der Waals surface area (Å²) >= 11 is 6.04. The van der Waals surface area contributed by atoms with Gasteiger partial charge in [-0.25, -0.2) is 24.1 Å². The van der Waals surface area contributed by atoms with Gasteiger partial charge in [0.05, 0.1) is 29.3 Å². The molecule has 4 aromatic heterocycles. The monoisotopic (exact) mass is 634 g/mol. The molecule has 6 rings (SSSR count). The van der Waals surface area contributed by atoms with Crippen LogP contribution in [0.25, 0.3) is 22.6 Å². The molecule has 0 bridgehead atoms. The molecule has 2 aliphatic carbocycles. The summed E-state index contributed by atoms with van der Waals surface area (Å²) in [6, 6.07) is -0.552. The number of rotatable bonds is 8. The zero-order valence-corrected chi connectivity index (χ0v) is 24.1. The van der Waals surface area contributed by atoms with Crippen LogP contribution >= 0.6 is 11.6 Å². The Morgan fingerprint density at radius 3 is 2.50 bits per heavy atom. The summed E-state index contributed by atoms with van der Waals surface area (Å²) in [4.78, 5) is 31.5. The number of nitrogens with zero attached hydrogens (tertiary/aromatic N) is 8. The summed E-state index contributed by atoms with van der Waals surface area (Å²) in [7, 11) is 1.78. The van der Waals surface area contributed by atoms with E-state index in [1.54, 1.807) is 24.1 Å². The minimum absolute atomic E-state index is 0.00966. The van der Waals surface area contributed by atoms with Crippen molar-refractivity contribution in [3.05, 3.63) is 47.8 Å². The molecule has 0 aliphatic heterocycles. The smallest absolute Gasteiger partial charge is 0.420 e. The number of anilines is 2. The molecule has 0 atom stereocenters. The van der Waals surface area contributed by atoms with Gasteiger partial charge in [0.2, 0.25) is 5.95 Å². The zero-order valence-electron chi connectivity index (χ0n) is 23.4. The predicted octanol–water partition coefficient (Wildman–Crippen LogP) is 5.60. The maximum absolute atomic E-state index is 14.3. The Balaban J connectivity index is 1.17. The van der Waals surface area contributed by atoms with Crippen LogP contribution in [0.3, 0.4) is 0 Å². The van der Waals surface area contributed by atoms with Gasteiger partial charge in [-0.2, -0.15) is 23.4 Å². The fraction of sp³-hybridized carbons (Fsp3) is 0.444. The second-order valence-electron chi connectivity index (χ2n) is 10.9. The number of H-pyrrole nitrogens is 1. The number of ether oxygens (including phenoxy) is 1. The maximum Gasteiger partial charge on any atom is 0.420 e.